The summed E-state index contributed by atoms with van der Waals surface area (Å²) in [5.41, 5.74) is -0.0490. The molecule has 0 saturated heterocycles. The highest BCUT2D eigenvalue weighted by Crippen LogP contribution is 2.32. The number of nitro benzene ring substituents is 1. The van der Waals surface area contributed by atoms with Crippen LogP contribution < -0.4 is 4.74 Å². The van der Waals surface area contributed by atoms with Gasteiger partial charge in [0.25, 0.3) is 5.69 Å². The second-order valence-electron chi connectivity index (χ2n) is 3.77. The first-order valence-corrected chi connectivity index (χ1v) is 7.23. The van der Waals surface area contributed by atoms with E-state index >= 15 is 0 Å². The van der Waals surface area contributed by atoms with Gasteiger partial charge >= 0.3 is 0 Å². The third kappa shape index (κ3) is 3.51. The van der Waals surface area contributed by atoms with Gasteiger partial charge in [0.15, 0.2) is 5.75 Å². The van der Waals surface area contributed by atoms with Crippen molar-refractivity contribution >= 4 is 37.5 Å². The summed E-state index contributed by atoms with van der Waals surface area (Å²) in [5.74, 6) is 1.27. The number of hydrogen-bond donors (Lipinski definition) is 0. The lowest BCUT2D eigenvalue weighted by Crippen LogP contribution is -1.97. The highest BCUT2D eigenvalue weighted by atomic mass is 79.9. The molecular formula is C12H9Br2N3O3. The second-order valence-corrected chi connectivity index (χ2v) is 5.44. The molecule has 1 aromatic carbocycles. The van der Waals surface area contributed by atoms with Crippen molar-refractivity contribution in [1.29, 1.82) is 0 Å². The molecule has 6 nitrogen and oxygen atoms in total. The van der Waals surface area contributed by atoms with Crippen molar-refractivity contribution in [2.24, 2.45) is 0 Å². The molecule has 0 aliphatic carbocycles. The molecule has 0 amide bonds. The number of rotatable bonds is 4. The lowest BCUT2D eigenvalue weighted by Gasteiger charge is -2.08. The van der Waals surface area contributed by atoms with Crippen LogP contribution in [0.4, 0.5) is 5.69 Å². The Morgan fingerprint density at radius 2 is 2.05 bits per heavy atom. The van der Waals surface area contributed by atoms with Gasteiger partial charge in [-0.05, 0) is 37.9 Å². The first-order chi connectivity index (χ1) is 9.49. The van der Waals surface area contributed by atoms with Crippen LogP contribution in [0.3, 0.4) is 0 Å². The van der Waals surface area contributed by atoms with E-state index in [1.54, 1.807) is 12.1 Å². The first-order valence-electron chi connectivity index (χ1n) is 5.65. The van der Waals surface area contributed by atoms with Crippen LogP contribution in [0.15, 0.2) is 33.3 Å². The lowest BCUT2D eigenvalue weighted by atomic mass is 10.3. The summed E-state index contributed by atoms with van der Waals surface area (Å²) in [6.45, 7) is 1.93. The molecule has 104 valence electrons. The number of ether oxygens (including phenoxy) is 1. The number of nitrogens with zero attached hydrogens (tertiary/aromatic N) is 3. The Labute approximate surface area is 131 Å². The van der Waals surface area contributed by atoms with E-state index in [1.807, 2.05) is 6.92 Å². The fourth-order valence-corrected chi connectivity index (χ4v) is 2.18. The molecule has 8 heteroatoms. The summed E-state index contributed by atoms with van der Waals surface area (Å²) in [4.78, 5) is 18.7. The van der Waals surface area contributed by atoms with Crippen molar-refractivity contribution in [2.75, 3.05) is 0 Å². The molecule has 0 N–H and O–H groups in total. The van der Waals surface area contributed by atoms with Crippen LogP contribution >= 0.6 is 31.9 Å². The van der Waals surface area contributed by atoms with Crippen LogP contribution in [0.25, 0.3) is 0 Å². The van der Waals surface area contributed by atoms with Gasteiger partial charge in [-0.1, -0.05) is 6.92 Å². The summed E-state index contributed by atoms with van der Waals surface area (Å²) in [6.07, 6.45) is 0.659. The number of non-ortho nitro benzene ring substituents is 1. The number of aryl methyl sites for hydroxylation is 1. The van der Waals surface area contributed by atoms with E-state index in [1.165, 1.54) is 12.1 Å². The molecule has 0 unspecified atom stereocenters. The van der Waals surface area contributed by atoms with Crippen molar-refractivity contribution in [3.8, 4) is 11.6 Å². The third-order valence-corrected chi connectivity index (χ3v) is 3.44. The van der Waals surface area contributed by atoms with Crippen molar-refractivity contribution < 1.29 is 9.66 Å². The standard InChI is InChI=1S/C12H9Br2N3O3/c1-2-11-15-10(14)6-12(16-11)20-9-5-7(17(18)19)3-4-8(9)13/h3-6H,2H2,1H3. The van der Waals surface area contributed by atoms with Gasteiger partial charge in [0.1, 0.15) is 10.4 Å². The molecule has 2 aromatic rings. The fourth-order valence-electron chi connectivity index (χ4n) is 1.45. The third-order valence-electron chi connectivity index (χ3n) is 2.37. The number of halogens is 2. The van der Waals surface area contributed by atoms with E-state index in [4.69, 9.17) is 4.74 Å². The van der Waals surface area contributed by atoms with Gasteiger partial charge in [-0.25, -0.2) is 4.98 Å². The quantitative estimate of drug-likeness (QED) is 0.433. The molecule has 1 aromatic heterocycles. The Morgan fingerprint density at radius 1 is 1.30 bits per heavy atom. The first kappa shape index (κ1) is 14.9. The summed E-state index contributed by atoms with van der Waals surface area (Å²) in [6, 6.07) is 5.89. The predicted octanol–water partition coefficient (Wildman–Crippen LogP) is 4.26. The van der Waals surface area contributed by atoms with Crippen molar-refractivity contribution in [1.82, 2.24) is 9.97 Å². The highest BCUT2D eigenvalue weighted by molar-refractivity contribution is 9.10. The van der Waals surface area contributed by atoms with E-state index in [9.17, 15) is 10.1 Å². The lowest BCUT2D eigenvalue weighted by molar-refractivity contribution is -0.384. The largest absolute Gasteiger partial charge is 0.437 e. The van der Waals surface area contributed by atoms with Crippen LogP contribution in [-0.2, 0) is 6.42 Å². The number of nitro groups is 1. The SMILES string of the molecule is CCc1nc(Br)cc(Oc2cc([N+](=O)[O-])ccc2Br)n1. The zero-order valence-electron chi connectivity index (χ0n) is 10.3. The summed E-state index contributed by atoms with van der Waals surface area (Å²) in [5, 5.41) is 10.8. The molecule has 0 radical (unpaired) electrons. The van der Waals surface area contributed by atoms with Crippen LogP contribution in [0.5, 0.6) is 11.6 Å². The zero-order chi connectivity index (χ0) is 14.7. The summed E-state index contributed by atoms with van der Waals surface area (Å²) >= 11 is 6.56. The fraction of sp³-hybridized carbons (Fsp3) is 0.167. The monoisotopic (exact) mass is 401 g/mol. The van der Waals surface area contributed by atoms with Crippen LogP contribution in [0.1, 0.15) is 12.7 Å². The number of aromatic nitrogens is 2. The molecule has 0 aliphatic heterocycles. The Morgan fingerprint density at radius 3 is 2.70 bits per heavy atom. The van der Waals surface area contributed by atoms with Gasteiger partial charge in [-0.2, -0.15) is 4.98 Å². The van der Waals surface area contributed by atoms with Crippen molar-refractivity contribution in [3.05, 3.63) is 49.3 Å². The van der Waals surface area contributed by atoms with Crippen LogP contribution in [0.2, 0.25) is 0 Å². The highest BCUT2D eigenvalue weighted by Gasteiger charge is 2.12. The molecule has 1 heterocycles. The molecule has 0 atom stereocenters. The smallest absolute Gasteiger partial charge is 0.273 e. The van der Waals surface area contributed by atoms with Crippen molar-refractivity contribution in [3.63, 3.8) is 0 Å². The maximum atomic E-state index is 10.8. The maximum Gasteiger partial charge on any atom is 0.273 e. The molecule has 0 bridgehead atoms. The minimum Gasteiger partial charge on any atom is -0.437 e. The molecule has 2 rings (SSSR count). The average molecular weight is 403 g/mol. The van der Waals surface area contributed by atoms with Crippen LogP contribution in [-0.4, -0.2) is 14.9 Å². The number of benzene rings is 1. The maximum absolute atomic E-state index is 10.8. The zero-order valence-corrected chi connectivity index (χ0v) is 13.5. The average Bonchev–Trinajstić information content (AvgIpc) is 2.40. The van der Waals surface area contributed by atoms with E-state index in [0.717, 1.165) is 0 Å². The molecule has 0 fully saturated rings. The van der Waals surface area contributed by atoms with Gasteiger partial charge in [-0.15, -0.1) is 0 Å². The van der Waals surface area contributed by atoms with E-state index in [0.29, 0.717) is 33.0 Å². The minimum atomic E-state index is -0.479. The second kappa shape index (κ2) is 6.27. The molecule has 0 aliphatic rings. The normalized spacial score (nSPS) is 10.3. The Balaban J connectivity index is 2.36. The van der Waals surface area contributed by atoms with E-state index < -0.39 is 4.92 Å². The number of hydrogen-bond acceptors (Lipinski definition) is 5. The van der Waals surface area contributed by atoms with Gasteiger partial charge in [0.2, 0.25) is 5.88 Å². The Hall–Kier alpha value is -1.54. The minimum absolute atomic E-state index is 0.0490. The topological polar surface area (TPSA) is 78.2 Å². The molecule has 0 spiro atoms. The Kier molecular flexibility index (Phi) is 4.66. The molecule has 20 heavy (non-hydrogen) atoms. The van der Waals surface area contributed by atoms with Crippen molar-refractivity contribution in [2.45, 2.75) is 13.3 Å². The van der Waals surface area contributed by atoms with Gasteiger partial charge in [0.05, 0.1) is 15.5 Å². The summed E-state index contributed by atoms with van der Waals surface area (Å²) in [7, 11) is 0. The molecular weight excluding hydrogens is 394 g/mol. The van der Waals surface area contributed by atoms with E-state index in [-0.39, 0.29) is 5.69 Å². The Bertz CT molecular complexity index is 664. The van der Waals surface area contributed by atoms with Crippen LogP contribution in [0, 0.1) is 10.1 Å². The summed E-state index contributed by atoms with van der Waals surface area (Å²) < 4.78 is 6.80. The predicted molar refractivity (Wildman–Crippen MR) is 80.0 cm³/mol. The molecule has 0 saturated carbocycles. The van der Waals surface area contributed by atoms with Gasteiger partial charge in [-0.3, -0.25) is 10.1 Å². The van der Waals surface area contributed by atoms with Gasteiger partial charge in [0, 0.05) is 18.6 Å². The van der Waals surface area contributed by atoms with E-state index in [2.05, 4.69) is 41.8 Å². The van der Waals surface area contributed by atoms with Gasteiger partial charge < -0.3 is 4.74 Å².